The Bertz CT molecular complexity index is 492. The first-order valence-electron chi connectivity index (χ1n) is 5.85. The van der Waals surface area contributed by atoms with Crippen LogP contribution in [0.2, 0.25) is 5.02 Å². The number of rotatable bonds is 6. The van der Waals surface area contributed by atoms with E-state index in [0.717, 1.165) is 5.56 Å². The summed E-state index contributed by atoms with van der Waals surface area (Å²) in [6, 6.07) is 4.06. The molecule has 0 aliphatic carbocycles. The van der Waals surface area contributed by atoms with Crippen LogP contribution in [0, 0.1) is 6.92 Å². The molecule has 0 radical (unpaired) electrons. The molecule has 1 amide bonds. The van der Waals surface area contributed by atoms with E-state index in [-0.39, 0.29) is 6.61 Å². The highest BCUT2D eigenvalue weighted by Crippen LogP contribution is 2.24. The van der Waals surface area contributed by atoms with Crippen LogP contribution >= 0.6 is 11.6 Å². The number of amides is 1. The predicted molar refractivity (Wildman–Crippen MR) is 72.7 cm³/mol. The molecule has 0 saturated carbocycles. The molecule has 1 aromatic rings. The van der Waals surface area contributed by atoms with Crippen LogP contribution in [0.4, 0.5) is 0 Å². The van der Waals surface area contributed by atoms with Gasteiger partial charge in [0, 0.05) is 0 Å². The normalized spacial score (nSPS) is 11.6. The Morgan fingerprint density at radius 3 is 2.75 bits per heavy atom. The summed E-state index contributed by atoms with van der Waals surface area (Å²) in [5, 5.41) is 11.6. The van der Waals surface area contributed by atoms with E-state index in [4.69, 9.17) is 21.4 Å². The van der Waals surface area contributed by atoms with E-state index in [1.807, 2.05) is 13.0 Å². The van der Waals surface area contributed by atoms with Crippen molar-refractivity contribution in [3.05, 3.63) is 28.8 Å². The van der Waals surface area contributed by atoms with Gasteiger partial charge in [0.15, 0.2) is 12.6 Å². The van der Waals surface area contributed by atoms with Gasteiger partial charge >= 0.3 is 5.97 Å². The zero-order valence-corrected chi connectivity index (χ0v) is 11.9. The van der Waals surface area contributed by atoms with Gasteiger partial charge in [0.05, 0.1) is 18.7 Å². The lowest BCUT2D eigenvalue weighted by atomic mass is 10.2. The van der Waals surface area contributed by atoms with Crippen molar-refractivity contribution in [1.29, 1.82) is 0 Å². The number of methoxy groups -OCH3 is 1. The molecule has 0 bridgehead atoms. The predicted octanol–water partition coefficient (Wildman–Crippen LogP) is 0.677. The standard InChI is InChI=1S/C13H16ClNO5/c1-8-3-4-9(14)11(5-8)20-7-12(17)15-10(6-16)13(18)19-2/h3-5,10,16H,6-7H2,1-2H3,(H,15,17)/t10-/m1/s1. The molecular formula is C13H16ClNO5. The molecule has 0 unspecified atom stereocenters. The second kappa shape index (κ2) is 7.72. The van der Waals surface area contributed by atoms with Gasteiger partial charge in [-0.05, 0) is 24.6 Å². The molecule has 1 atom stereocenters. The maximum Gasteiger partial charge on any atom is 0.330 e. The van der Waals surface area contributed by atoms with Crippen LogP contribution in [-0.4, -0.2) is 43.3 Å². The molecule has 20 heavy (non-hydrogen) atoms. The summed E-state index contributed by atoms with van der Waals surface area (Å²) in [5.41, 5.74) is 0.938. The number of aliphatic hydroxyl groups excluding tert-OH is 1. The van der Waals surface area contributed by atoms with Crippen molar-refractivity contribution >= 4 is 23.5 Å². The second-order valence-electron chi connectivity index (χ2n) is 4.05. The Balaban J connectivity index is 2.54. The quantitative estimate of drug-likeness (QED) is 0.755. The number of aryl methyl sites for hydroxylation is 1. The smallest absolute Gasteiger partial charge is 0.330 e. The molecule has 110 valence electrons. The molecule has 0 fully saturated rings. The van der Waals surface area contributed by atoms with Crippen LogP contribution in [0.5, 0.6) is 5.75 Å². The number of benzene rings is 1. The van der Waals surface area contributed by atoms with Gasteiger partial charge in [0.2, 0.25) is 0 Å². The van der Waals surface area contributed by atoms with Gasteiger partial charge < -0.3 is 19.9 Å². The van der Waals surface area contributed by atoms with Crippen molar-refractivity contribution in [2.24, 2.45) is 0 Å². The number of esters is 1. The zero-order valence-electron chi connectivity index (χ0n) is 11.2. The molecule has 7 heteroatoms. The highest BCUT2D eigenvalue weighted by Gasteiger charge is 2.20. The van der Waals surface area contributed by atoms with E-state index in [9.17, 15) is 9.59 Å². The van der Waals surface area contributed by atoms with Crippen molar-refractivity contribution in [3.63, 3.8) is 0 Å². The van der Waals surface area contributed by atoms with Gasteiger partial charge in [-0.3, -0.25) is 4.79 Å². The maximum atomic E-state index is 11.6. The maximum absolute atomic E-state index is 11.6. The van der Waals surface area contributed by atoms with Gasteiger partial charge in [-0.25, -0.2) is 4.79 Å². The zero-order chi connectivity index (χ0) is 15.1. The van der Waals surface area contributed by atoms with E-state index in [1.54, 1.807) is 12.1 Å². The van der Waals surface area contributed by atoms with Gasteiger partial charge in [-0.15, -0.1) is 0 Å². The average molecular weight is 302 g/mol. The number of hydrogen-bond donors (Lipinski definition) is 2. The van der Waals surface area contributed by atoms with Crippen molar-refractivity contribution in [2.45, 2.75) is 13.0 Å². The summed E-state index contributed by atoms with van der Waals surface area (Å²) < 4.78 is 9.69. The van der Waals surface area contributed by atoms with Crippen LogP contribution in [0.3, 0.4) is 0 Å². The van der Waals surface area contributed by atoms with E-state index in [1.165, 1.54) is 7.11 Å². The SMILES string of the molecule is COC(=O)[C@@H](CO)NC(=O)COc1cc(C)ccc1Cl. The average Bonchev–Trinajstić information content (AvgIpc) is 2.44. The molecule has 0 spiro atoms. The summed E-state index contributed by atoms with van der Waals surface area (Å²) >= 11 is 5.91. The molecule has 0 heterocycles. The van der Waals surface area contributed by atoms with E-state index in [2.05, 4.69) is 10.1 Å². The molecule has 0 aliphatic rings. The van der Waals surface area contributed by atoms with Crippen molar-refractivity contribution in [3.8, 4) is 5.75 Å². The topological polar surface area (TPSA) is 84.9 Å². The van der Waals surface area contributed by atoms with Crippen molar-refractivity contribution < 1.29 is 24.2 Å². The van der Waals surface area contributed by atoms with E-state index < -0.39 is 24.5 Å². The Hall–Kier alpha value is -1.79. The van der Waals surface area contributed by atoms with E-state index >= 15 is 0 Å². The van der Waals surface area contributed by atoms with Crippen LogP contribution in [0.25, 0.3) is 0 Å². The Morgan fingerprint density at radius 2 is 2.15 bits per heavy atom. The molecule has 0 aliphatic heterocycles. The number of halogens is 1. The first-order chi connectivity index (χ1) is 9.47. The van der Waals surface area contributed by atoms with Crippen LogP contribution in [0.15, 0.2) is 18.2 Å². The Kier molecular flexibility index (Phi) is 6.27. The summed E-state index contributed by atoms with van der Waals surface area (Å²) in [4.78, 5) is 22.8. The number of carbonyl (C=O) groups is 2. The van der Waals surface area contributed by atoms with Crippen LogP contribution in [0.1, 0.15) is 5.56 Å². The van der Waals surface area contributed by atoms with E-state index in [0.29, 0.717) is 10.8 Å². The molecule has 0 saturated heterocycles. The molecule has 6 nitrogen and oxygen atoms in total. The summed E-state index contributed by atoms with van der Waals surface area (Å²) in [6.07, 6.45) is 0. The highest BCUT2D eigenvalue weighted by atomic mass is 35.5. The minimum atomic E-state index is -1.11. The lowest BCUT2D eigenvalue weighted by Crippen LogP contribution is -2.45. The lowest BCUT2D eigenvalue weighted by Gasteiger charge is -2.14. The molecule has 0 aromatic heterocycles. The third-order valence-corrected chi connectivity index (χ3v) is 2.76. The van der Waals surface area contributed by atoms with Gasteiger partial charge in [0.25, 0.3) is 5.91 Å². The first-order valence-corrected chi connectivity index (χ1v) is 6.22. The Labute approximate surface area is 121 Å². The van der Waals surface area contributed by atoms with Crippen LogP contribution in [-0.2, 0) is 14.3 Å². The first kappa shape index (κ1) is 16.3. The lowest BCUT2D eigenvalue weighted by molar-refractivity contribution is -0.146. The van der Waals surface area contributed by atoms with Gasteiger partial charge in [-0.2, -0.15) is 0 Å². The third-order valence-electron chi connectivity index (χ3n) is 2.45. The minimum Gasteiger partial charge on any atom is -0.482 e. The fourth-order valence-electron chi connectivity index (χ4n) is 1.42. The number of ether oxygens (including phenoxy) is 2. The Morgan fingerprint density at radius 1 is 1.45 bits per heavy atom. The van der Waals surface area contributed by atoms with Gasteiger partial charge in [-0.1, -0.05) is 17.7 Å². The minimum absolute atomic E-state index is 0.323. The van der Waals surface area contributed by atoms with Gasteiger partial charge in [0.1, 0.15) is 5.75 Å². The fourth-order valence-corrected chi connectivity index (χ4v) is 1.59. The number of aliphatic hydroxyl groups is 1. The largest absolute Gasteiger partial charge is 0.482 e. The molecular weight excluding hydrogens is 286 g/mol. The highest BCUT2D eigenvalue weighted by molar-refractivity contribution is 6.32. The summed E-state index contributed by atoms with van der Waals surface area (Å²) in [6.45, 7) is 0.989. The van der Waals surface area contributed by atoms with Crippen molar-refractivity contribution in [2.75, 3.05) is 20.3 Å². The third kappa shape index (κ3) is 4.71. The number of hydrogen-bond acceptors (Lipinski definition) is 5. The number of nitrogens with one attached hydrogen (secondary N) is 1. The van der Waals surface area contributed by atoms with Crippen LogP contribution < -0.4 is 10.1 Å². The fraction of sp³-hybridized carbons (Fsp3) is 0.385. The summed E-state index contributed by atoms with van der Waals surface area (Å²) in [5.74, 6) is -0.915. The van der Waals surface area contributed by atoms with Crippen molar-refractivity contribution in [1.82, 2.24) is 5.32 Å². The molecule has 1 rings (SSSR count). The summed E-state index contributed by atoms with van der Waals surface area (Å²) in [7, 11) is 1.17. The molecule has 1 aromatic carbocycles. The second-order valence-corrected chi connectivity index (χ2v) is 4.46. The monoisotopic (exact) mass is 301 g/mol. The number of carbonyl (C=O) groups excluding carboxylic acids is 2. The molecule has 2 N–H and O–H groups in total.